The van der Waals surface area contributed by atoms with Crippen molar-refractivity contribution in [2.75, 3.05) is 14.1 Å². The summed E-state index contributed by atoms with van der Waals surface area (Å²) < 4.78 is 2.93. The van der Waals surface area contributed by atoms with Crippen LogP contribution in [0.5, 0.6) is 0 Å². The lowest BCUT2D eigenvalue weighted by atomic mass is 10.0. The second-order valence-electron chi connectivity index (χ2n) is 6.52. The predicted molar refractivity (Wildman–Crippen MR) is 101 cm³/mol. The Balaban J connectivity index is 1.99. The van der Waals surface area contributed by atoms with Crippen molar-refractivity contribution in [1.82, 2.24) is 19.7 Å². The number of hydroxylamine groups is 1. The van der Waals surface area contributed by atoms with Gasteiger partial charge in [-0.15, -0.1) is 10.2 Å². The van der Waals surface area contributed by atoms with Crippen LogP contribution in [0.2, 0.25) is 5.02 Å². The molecular formula is C19H18ClN5O. The number of rotatable bonds is 3. The van der Waals surface area contributed by atoms with Gasteiger partial charge in [-0.3, -0.25) is 4.57 Å². The molecule has 132 valence electrons. The molecule has 0 unspecified atom stereocenters. The number of halogens is 1. The summed E-state index contributed by atoms with van der Waals surface area (Å²) in [6.45, 7) is 0.742. The zero-order chi connectivity index (χ0) is 18.3. The maximum atomic E-state index is 13.0. The second kappa shape index (κ2) is 6.55. The van der Waals surface area contributed by atoms with Crippen LogP contribution in [-0.4, -0.2) is 44.2 Å². The smallest absolute Gasteiger partial charge is 0.228 e. The van der Waals surface area contributed by atoms with Crippen LogP contribution in [0.3, 0.4) is 0 Å². The van der Waals surface area contributed by atoms with Crippen molar-refractivity contribution in [3.8, 4) is 5.69 Å². The number of benzene rings is 2. The third-order valence-electron chi connectivity index (χ3n) is 4.29. The van der Waals surface area contributed by atoms with Gasteiger partial charge in [0, 0.05) is 10.6 Å². The lowest BCUT2D eigenvalue weighted by Crippen LogP contribution is -2.18. The minimum absolute atomic E-state index is 0.122. The summed E-state index contributed by atoms with van der Waals surface area (Å²) in [4.78, 5) is 2.02. The topological polar surface area (TPSA) is 60.0 Å². The van der Waals surface area contributed by atoms with E-state index in [-0.39, 0.29) is 6.54 Å². The van der Waals surface area contributed by atoms with Crippen molar-refractivity contribution >= 4 is 17.3 Å². The quantitative estimate of drug-likeness (QED) is 0.527. The molecule has 1 aliphatic heterocycles. The molecule has 3 aromatic rings. The summed E-state index contributed by atoms with van der Waals surface area (Å²) in [6, 6.07) is 15.2. The van der Waals surface area contributed by atoms with Crippen LogP contribution >= 0.6 is 11.6 Å². The van der Waals surface area contributed by atoms with Crippen molar-refractivity contribution in [2.45, 2.75) is 13.1 Å². The Hall–Kier alpha value is -2.70. The number of nitrogens with zero attached hydrogens (tertiary/aromatic N) is 5. The fourth-order valence-electron chi connectivity index (χ4n) is 3.25. The molecule has 26 heavy (non-hydrogen) atoms. The molecule has 0 radical (unpaired) electrons. The highest BCUT2D eigenvalue weighted by atomic mass is 35.5. The molecule has 0 fully saturated rings. The van der Waals surface area contributed by atoms with Crippen LogP contribution in [0.15, 0.2) is 48.5 Å². The van der Waals surface area contributed by atoms with E-state index >= 15 is 0 Å². The lowest BCUT2D eigenvalue weighted by Gasteiger charge is -2.14. The van der Waals surface area contributed by atoms with E-state index in [1.54, 1.807) is 0 Å². The minimum Gasteiger partial charge on any atom is -0.623 e. The molecule has 1 aromatic heterocycles. The number of hydrogen-bond donors (Lipinski definition) is 0. The van der Waals surface area contributed by atoms with Crippen LogP contribution < -0.4 is 0 Å². The SMILES string of the molecule is CN(C)Cc1nnc2n1-c1ccc(Cl)cc1C(c1ccccc1)=[N+]([O-])C2. The minimum atomic E-state index is 0.122. The highest BCUT2D eigenvalue weighted by molar-refractivity contribution is 6.31. The van der Waals surface area contributed by atoms with E-state index in [9.17, 15) is 5.21 Å². The zero-order valence-corrected chi connectivity index (χ0v) is 15.3. The molecule has 2 aromatic carbocycles. The summed E-state index contributed by atoms with van der Waals surface area (Å²) >= 11 is 6.27. The summed E-state index contributed by atoms with van der Waals surface area (Å²) in [5, 5.41) is 22.2. The highest BCUT2D eigenvalue weighted by Crippen LogP contribution is 2.28. The first kappa shape index (κ1) is 16.8. The first-order valence-electron chi connectivity index (χ1n) is 8.30. The summed E-state index contributed by atoms with van der Waals surface area (Å²) in [5.74, 6) is 1.41. The Bertz CT molecular complexity index is 994. The molecule has 1 aliphatic rings. The van der Waals surface area contributed by atoms with Gasteiger partial charge >= 0.3 is 0 Å². The van der Waals surface area contributed by atoms with Crippen LogP contribution in [0.25, 0.3) is 5.69 Å². The monoisotopic (exact) mass is 367 g/mol. The normalized spacial score (nSPS) is 13.5. The number of hydrogen-bond acceptors (Lipinski definition) is 4. The van der Waals surface area contributed by atoms with Crippen molar-refractivity contribution < 1.29 is 4.74 Å². The maximum Gasteiger partial charge on any atom is 0.228 e. The molecule has 6 nitrogen and oxygen atoms in total. The molecule has 0 spiro atoms. The van der Waals surface area contributed by atoms with Crippen molar-refractivity contribution in [1.29, 1.82) is 0 Å². The van der Waals surface area contributed by atoms with Crippen LogP contribution in [0, 0.1) is 5.21 Å². The summed E-state index contributed by atoms with van der Waals surface area (Å²) in [6.07, 6.45) is 0. The van der Waals surface area contributed by atoms with Crippen LogP contribution in [0.4, 0.5) is 0 Å². The van der Waals surface area contributed by atoms with Gasteiger partial charge in [-0.2, -0.15) is 4.74 Å². The van der Waals surface area contributed by atoms with Gasteiger partial charge < -0.3 is 10.1 Å². The van der Waals surface area contributed by atoms with Gasteiger partial charge in [0.05, 0.1) is 17.8 Å². The molecule has 0 N–H and O–H groups in total. The van der Waals surface area contributed by atoms with E-state index in [2.05, 4.69) is 10.2 Å². The average molecular weight is 368 g/mol. The molecule has 7 heteroatoms. The van der Waals surface area contributed by atoms with Crippen LogP contribution in [0.1, 0.15) is 22.8 Å². The zero-order valence-electron chi connectivity index (χ0n) is 14.6. The molecule has 0 saturated heterocycles. The summed E-state index contributed by atoms with van der Waals surface area (Å²) in [7, 11) is 3.95. The fraction of sp³-hybridized carbons (Fsp3) is 0.211. The van der Waals surface area contributed by atoms with E-state index in [0.717, 1.165) is 27.4 Å². The van der Waals surface area contributed by atoms with E-state index in [0.29, 0.717) is 23.1 Å². The Morgan fingerprint density at radius 2 is 1.92 bits per heavy atom. The first-order valence-corrected chi connectivity index (χ1v) is 8.67. The molecule has 2 heterocycles. The number of fused-ring (bicyclic) bond motifs is 3. The Morgan fingerprint density at radius 3 is 2.65 bits per heavy atom. The Kier molecular flexibility index (Phi) is 4.22. The van der Waals surface area contributed by atoms with Gasteiger partial charge in [0.15, 0.2) is 5.82 Å². The first-order chi connectivity index (χ1) is 12.5. The van der Waals surface area contributed by atoms with E-state index in [1.165, 1.54) is 0 Å². The molecule has 0 aliphatic carbocycles. The standard InChI is InChI=1S/C19H18ClN5O/c1-23(2)11-17-21-22-18-12-24(26)19(13-6-4-3-5-7-13)15-10-14(20)8-9-16(15)25(17)18/h3-10H,11-12H2,1-2H3. The van der Waals surface area contributed by atoms with Gasteiger partial charge in [0.25, 0.3) is 0 Å². The molecule has 0 bridgehead atoms. The van der Waals surface area contributed by atoms with Gasteiger partial charge in [-0.1, -0.05) is 29.8 Å². The van der Waals surface area contributed by atoms with Crippen molar-refractivity contribution in [3.63, 3.8) is 0 Å². The van der Waals surface area contributed by atoms with E-state index in [4.69, 9.17) is 11.6 Å². The Morgan fingerprint density at radius 1 is 1.15 bits per heavy atom. The fourth-order valence-corrected chi connectivity index (χ4v) is 3.42. The van der Waals surface area contributed by atoms with E-state index < -0.39 is 0 Å². The molecule has 0 saturated carbocycles. The largest absolute Gasteiger partial charge is 0.623 e. The van der Waals surface area contributed by atoms with Gasteiger partial charge in [-0.25, -0.2) is 0 Å². The van der Waals surface area contributed by atoms with Crippen molar-refractivity contribution in [2.24, 2.45) is 0 Å². The predicted octanol–water partition coefficient (Wildman–Crippen LogP) is 2.84. The average Bonchev–Trinajstić information content (AvgIpc) is 2.92. The molecule has 4 rings (SSSR count). The lowest BCUT2D eigenvalue weighted by molar-refractivity contribution is -0.475. The van der Waals surface area contributed by atoms with Gasteiger partial charge in [0.1, 0.15) is 0 Å². The third-order valence-corrected chi connectivity index (χ3v) is 4.53. The molecule has 0 atom stereocenters. The highest BCUT2D eigenvalue weighted by Gasteiger charge is 2.29. The molecular weight excluding hydrogens is 350 g/mol. The third kappa shape index (κ3) is 2.87. The number of aromatic nitrogens is 3. The molecule has 0 amide bonds. The Labute approximate surface area is 156 Å². The van der Waals surface area contributed by atoms with Crippen molar-refractivity contribution in [3.05, 3.63) is 81.5 Å². The van der Waals surface area contributed by atoms with E-state index in [1.807, 2.05) is 72.1 Å². The van der Waals surface area contributed by atoms with Gasteiger partial charge in [-0.05, 0) is 44.4 Å². The summed E-state index contributed by atoms with van der Waals surface area (Å²) in [5.41, 5.74) is 3.07. The van der Waals surface area contributed by atoms with Gasteiger partial charge in [0.2, 0.25) is 18.1 Å². The maximum absolute atomic E-state index is 13.0. The second-order valence-corrected chi connectivity index (χ2v) is 6.95. The van der Waals surface area contributed by atoms with Crippen LogP contribution in [-0.2, 0) is 13.1 Å².